The van der Waals surface area contributed by atoms with Crippen LogP contribution in [-0.2, 0) is 9.59 Å². The molecule has 0 fully saturated rings. The van der Waals surface area contributed by atoms with Crippen molar-refractivity contribution in [1.82, 2.24) is 21.3 Å². The SMILES string of the molecule is Nc1c(I)c(C(=O)NC(CO)C(O)CO)c(I)c(C(=O)NC(CO)C(O)CO)c1I.Nc1c(I)c(C(=O)NC(CO)C(O)CO)c(I)c(C(=O)NC(CO)C(O)CO)c1I.O=C(O)C(O)C(=O)O. The number of nitrogens with two attached hydrogens (primary N) is 2. The molecule has 8 unspecified atom stereocenters. The first-order chi connectivity index (χ1) is 31.6. The fraction of sp³-hybridized carbons (Fsp3) is 0.486. The highest BCUT2D eigenvalue weighted by molar-refractivity contribution is 14.1. The van der Waals surface area contributed by atoms with Gasteiger partial charge < -0.3 is 109 Å². The second-order valence-corrected chi connectivity index (χ2v) is 19.8. The van der Waals surface area contributed by atoms with Gasteiger partial charge in [-0.1, -0.05) is 0 Å². The number of nitrogen functional groups attached to an aromatic ring is 2. The van der Waals surface area contributed by atoms with Gasteiger partial charge in [0, 0.05) is 7.14 Å². The number of carboxylic acid groups (broad SMARTS) is 2. The van der Waals surface area contributed by atoms with E-state index in [-0.39, 0.29) is 40.8 Å². The maximum atomic E-state index is 12.8. The van der Waals surface area contributed by atoms with Gasteiger partial charge in [0.25, 0.3) is 23.6 Å². The molecule has 0 heterocycles. The van der Waals surface area contributed by atoms with E-state index in [1.54, 1.807) is 45.2 Å². The number of carboxylic acids is 2. The van der Waals surface area contributed by atoms with Crippen molar-refractivity contribution in [2.45, 2.75) is 54.7 Å². The summed E-state index contributed by atoms with van der Waals surface area (Å²) in [6, 6.07) is -4.59. The van der Waals surface area contributed by atoms with Crippen LogP contribution >= 0.6 is 136 Å². The monoisotopic (exact) mass is 1650 g/mol. The topological polar surface area (TPSA) is 506 Å². The molecule has 2 rings (SSSR count). The molecule has 0 bridgehead atoms. The summed E-state index contributed by atoms with van der Waals surface area (Å²) in [6.45, 7) is -5.27. The Labute approximate surface area is 466 Å². The third-order valence-corrected chi connectivity index (χ3v) is 15.4. The summed E-state index contributed by atoms with van der Waals surface area (Å²) in [5.41, 5.74) is 12.5. The van der Waals surface area contributed by atoms with Gasteiger partial charge in [-0.25, -0.2) is 9.59 Å². The van der Waals surface area contributed by atoms with Crippen molar-refractivity contribution in [2.24, 2.45) is 0 Å². The number of aliphatic hydroxyl groups is 13. The molecule has 0 spiro atoms. The van der Waals surface area contributed by atoms with E-state index in [1.165, 1.54) is 0 Å². The van der Waals surface area contributed by atoms with Crippen LogP contribution in [0.25, 0.3) is 0 Å². The van der Waals surface area contributed by atoms with Gasteiger partial charge in [0.2, 0.25) is 6.10 Å². The number of carbonyl (C=O) groups excluding carboxylic acids is 4. The molecule has 386 valence electrons. The van der Waals surface area contributed by atoms with Crippen molar-refractivity contribution >= 4 is 182 Å². The highest BCUT2D eigenvalue weighted by atomic mass is 127. The maximum Gasteiger partial charge on any atom is 0.344 e. The summed E-state index contributed by atoms with van der Waals surface area (Å²) in [6.07, 6.45) is -7.89. The molecule has 33 heteroatoms. The molecule has 0 aromatic heterocycles. The van der Waals surface area contributed by atoms with Crippen LogP contribution in [0.15, 0.2) is 0 Å². The van der Waals surface area contributed by atoms with Gasteiger partial charge in [-0.15, -0.1) is 0 Å². The van der Waals surface area contributed by atoms with Gasteiger partial charge in [0.15, 0.2) is 0 Å². The number of aliphatic hydroxyl groups excluding tert-OH is 13. The normalized spacial score (nSPS) is 14.5. The molecule has 2 aromatic rings. The summed E-state index contributed by atoms with van der Waals surface area (Å²) >= 11 is 10.9. The molecule has 23 N–H and O–H groups in total. The summed E-state index contributed by atoms with van der Waals surface area (Å²) in [4.78, 5) is 70.3. The van der Waals surface area contributed by atoms with E-state index in [4.69, 9.17) is 47.2 Å². The van der Waals surface area contributed by atoms with Gasteiger partial charge in [0.1, 0.15) is 0 Å². The van der Waals surface area contributed by atoms with Gasteiger partial charge >= 0.3 is 11.9 Å². The lowest BCUT2D eigenvalue weighted by molar-refractivity contribution is -0.161. The third-order valence-electron chi connectivity index (χ3n) is 8.74. The van der Waals surface area contributed by atoms with Gasteiger partial charge in [-0.3, -0.25) is 19.2 Å². The average Bonchev–Trinajstić information content (AvgIpc) is 3.30. The van der Waals surface area contributed by atoms with Crippen LogP contribution in [0.2, 0.25) is 0 Å². The predicted octanol–water partition coefficient (Wildman–Crippen LogP) is -5.54. The quantitative estimate of drug-likeness (QED) is 0.0297. The number of benzene rings is 2. The van der Waals surface area contributed by atoms with E-state index >= 15 is 0 Å². The molecule has 0 saturated heterocycles. The molecule has 0 radical (unpaired) electrons. The van der Waals surface area contributed by atoms with Crippen LogP contribution in [0.5, 0.6) is 0 Å². The number of carbonyl (C=O) groups is 6. The first-order valence-electron chi connectivity index (χ1n) is 18.5. The summed E-state index contributed by atoms with van der Waals surface area (Å²) < 4.78 is 1.74. The van der Waals surface area contributed by atoms with Crippen molar-refractivity contribution < 1.29 is 105 Å². The Balaban J connectivity index is 0.00000114. The highest BCUT2D eigenvalue weighted by Gasteiger charge is 2.33. The third kappa shape index (κ3) is 18.6. The molecular formula is C35H48I6N6O21. The van der Waals surface area contributed by atoms with E-state index in [1.807, 2.05) is 90.4 Å². The molecule has 0 aliphatic heterocycles. The van der Waals surface area contributed by atoms with E-state index in [0.29, 0.717) is 14.3 Å². The minimum Gasteiger partial charge on any atom is -0.479 e. The lowest BCUT2D eigenvalue weighted by Crippen LogP contribution is -2.48. The second-order valence-electron chi connectivity index (χ2n) is 13.3. The standard InChI is InChI=1S/2C16H22I3N3O8.C3H4O5/c2*17-11-9(15(29)21-5(1-23)7(27)3-25)12(18)14(20)13(19)10(11)16(30)22-6(2-24)8(28)4-26;4-1(2(5)6)3(7)8/h2*5-8,23-28H,1-4,20H2,(H,21,29)(H,22,30);1,4H,(H,5,6)(H,7,8). The summed E-state index contributed by atoms with van der Waals surface area (Å²) in [7, 11) is 0. The van der Waals surface area contributed by atoms with Crippen molar-refractivity contribution in [1.29, 1.82) is 0 Å². The number of halogens is 6. The smallest absolute Gasteiger partial charge is 0.344 e. The summed E-state index contributed by atoms with van der Waals surface area (Å²) in [5, 5.41) is 146. The highest BCUT2D eigenvalue weighted by Crippen LogP contribution is 2.35. The van der Waals surface area contributed by atoms with Crippen molar-refractivity contribution in [3.05, 3.63) is 43.7 Å². The van der Waals surface area contributed by atoms with Crippen LogP contribution in [0.3, 0.4) is 0 Å². The molecule has 0 aliphatic rings. The van der Waals surface area contributed by atoms with E-state index in [9.17, 15) is 69.6 Å². The van der Waals surface area contributed by atoms with Crippen LogP contribution in [0.1, 0.15) is 41.4 Å². The second kappa shape index (κ2) is 32.7. The van der Waals surface area contributed by atoms with E-state index in [2.05, 4.69) is 21.3 Å². The summed E-state index contributed by atoms with van der Waals surface area (Å²) in [5.74, 6) is -6.44. The number of amides is 4. The van der Waals surface area contributed by atoms with Crippen molar-refractivity contribution in [3.63, 3.8) is 0 Å². The lowest BCUT2D eigenvalue weighted by atomic mass is 10.1. The maximum absolute atomic E-state index is 12.8. The molecule has 0 aliphatic carbocycles. The first kappa shape index (κ1) is 66.7. The van der Waals surface area contributed by atoms with Gasteiger partial charge in [0.05, 0.1) is 149 Å². The largest absolute Gasteiger partial charge is 0.479 e. The Morgan fingerprint density at radius 3 is 0.662 bits per heavy atom. The van der Waals surface area contributed by atoms with Crippen molar-refractivity contribution in [3.8, 4) is 0 Å². The van der Waals surface area contributed by atoms with Crippen LogP contribution in [0, 0.1) is 21.4 Å². The Hall–Kier alpha value is -1.28. The fourth-order valence-corrected chi connectivity index (χ4v) is 13.1. The number of hydrogen-bond acceptors (Lipinski definition) is 21. The number of anilines is 2. The molecule has 4 amide bonds. The van der Waals surface area contributed by atoms with E-state index in [0.717, 1.165) is 0 Å². The Bertz CT molecular complexity index is 1820. The number of nitrogens with one attached hydrogen (secondary N) is 4. The van der Waals surface area contributed by atoms with Gasteiger partial charge in [-0.05, 0) is 136 Å². The zero-order valence-corrected chi connectivity index (χ0v) is 47.4. The van der Waals surface area contributed by atoms with Crippen LogP contribution in [0.4, 0.5) is 11.4 Å². The molecular weight excluding hydrogens is 1600 g/mol. The van der Waals surface area contributed by atoms with E-state index < -0.39 is 143 Å². The zero-order chi connectivity index (χ0) is 53.1. The Morgan fingerprint density at radius 2 is 0.544 bits per heavy atom. The average molecular weight is 1650 g/mol. The number of aliphatic carboxylic acids is 2. The minimum absolute atomic E-state index is 0.0195. The lowest BCUT2D eigenvalue weighted by Gasteiger charge is -2.24. The van der Waals surface area contributed by atoms with Crippen molar-refractivity contribution in [2.75, 3.05) is 64.3 Å². The Kier molecular flexibility index (Phi) is 32.1. The van der Waals surface area contributed by atoms with Gasteiger partial charge in [-0.2, -0.15) is 0 Å². The number of hydrogen-bond donors (Lipinski definition) is 21. The molecule has 2 aromatic carbocycles. The first-order valence-corrected chi connectivity index (χ1v) is 25.0. The van der Waals surface area contributed by atoms with Crippen LogP contribution in [-0.4, -0.2) is 220 Å². The fourth-order valence-electron chi connectivity index (χ4n) is 4.80. The molecule has 68 heavy (non-hydrogen) atoms. The molecule has 8 atom stereocenters. The number of rotatable bonds is 22. The predicted molar refractivity (Wildman–Crippen MR) is 285 cm³/mol. The molecule has 27 nitrogen and oxygen atoms in total. The van der Waals surface area contributed by atoms with Crippen LogP contribution < -0.4 is 32.7 Å². The Morgan fingerprint density at radius 1 is 0.368 bits per heavy atom. The zero-order valence-electron chi connectivity index (χ0n) is 34.4. The molecule has 0 saturated carbocycles. The minimum atomic E-state index is -2.30.